The normalized spacial score (nSPS) is 10.6. The monoisotopic (exact) mass is 219 g/mol. The number of halogens is 1. The summed E-state index contributed by atoms with van der Waals surface area (Å²) in [4.78, 5) is 4.12. The van der Waals surface area contributed by atoms with Gasteiger partial charge in [-0.1, -0.05) is 18.2 Å². The Labute approximate surface area is 87.9 Å². The molecule has 0 aliphatic rings. The molecule has 1 aromatic heterocycles. The Morgan fingerprint density at radius 3 is 2.92 bits per heavy atom. The van der Waals surface area contributed by atoms with E-state index in [0.29, 0.717) is 0 Å². The van der Waals surface area contributed by atoms with Gasteiger partial charge in [-0.3, -0.25) is 0 Å². The molecular weight excluding hydrogens is 206 g/mol. The molecule has 3 nitrogen and oxygen atoms in total. The predicted molar refractivity (Wildman–Crippen MR) is 56.3 cm³/mol. The standard InChI is InChI=1S/C8H14ClN3S/c1-12-8(10-7-11-12)13-6-4-2-3-5-9/h7H,2-6H2,1H3. The summed E-state index contributed by atoms with van der Waals surface area (Å²) in [6, 6.07) is 0. The molecule has 74 valence electrons. The van der Waals surface area contributed by atoms with Gasteiger partial charge in [0.05, 0.1) is 0 Å². The van der Waals surface area contributed by atoms with Gasteiger partial charge in [0.2, 0.25) is 0 Å². The van der Waals surface area contributed by atoms with Gasteiger partial charge in [0.15, 0.2) is 5.16 Å². The largest absolute Gasteiger partial charge is 0.244 e. The van der Waals surface area contributed by atoms with Crippen LogP contribution in [0.3, 0.4) is 0 Å². The van der Waals surface area contributed by atoms with Gasteiger partial charge in [0.25, 0.3) is 0 Å². The van der Waals surface area contributed by atoms with Crippen molar-refractivity contribution in [3.63, 3.8) is 0 Å². The highest BCUT2D eigenvalue weighted by atomic mass is 35.5. The van der Waals surface area contributed by atoms with Crippen LogP contribution < -0.4 is 0 Å². The molecule has 0 bridgehead atoms. The highest BCUT2D eigenvalue weighted by Crippen LogP contribution is 2.15. The fraction of sp³-hybridized carbons (Fsp3) is 0.750. The summed E-state index contributed by atoms with van der Waals surface area (Å²) >= 11 is 7.32. The van der Waals surface area contributed by atoms with Crippen molar-refractivity contribution in [3.05, 3.63) is 6.33 Å². The summed E-state index contributed by atoms with van der Waals surface area (Å²) in [6.45, 7) is 0. The summed E-state index contributed by atoms with van der Waals surface area (Å²) in [5.41, 5.74) is 0. The topological polar surface area (TPSA) is 30.7 Å². The van der Waals surface area contributed by atoms with Crippen LogP contribution in [0.15, 0.2) is 11.5 Å². The average Bonchev–Trinajstić information content (AvgIpc) is 2.52. The van der Waals surface area contributed by atoms with E-state index in [-0.39, 0.29) is 0 Å². The Hall–Kier alpha value is -0.220. The summed E-state index contributed by atoms with van der Waals surface area (Å²) in [5, 5.41) is 4.99. The number of rotatable bonds is 6. The molecule has 0 saturated carbocycles. The number of aryl methyl sites for hydroxylation is 1. The van der Waals surface area contributed by atoms with Crippen molar-refractivity contribution in [3.8, 4) is 0 Å². The predicted octanol–water partition coefficient (Wildman–Crippen LogP) is 2.32. The zero-order valence-electron chi connectivity index (χ0n) is 7.74. The Kier molecular flexibility index (Phi) is 5.23. The van der Waals surface area contributed by atoms with Gasteiger partial charge in [-0.15, -0.1) is 11.6 Å². The quantitative estimate of drug-likeness (QED) is 0.418. The second-order valence-electron chi connectivity index (χ2n) is 2.76. The van der Waals surface area contributed by atoms with Crippen molar-refractivity contribution >= 4 is 23.4 Å². The Bertz CT molecular complexity index is 239. The van der Waals surface area contributed by atoms with E-state index in [1.165, 1.54) is 12.8 Å². The van der Waals surface area contributed by atoms with Gasteiger partial charge in [0.1, 0.15) is 6.33 Å². The minimum Gasteiger partial charge on any atom is -0.244 e. The third kappa shape index (κ3) is 4.00. The average molecular weight is 220 g/mol. The first kappa shape index (κ1) is 10.9. The first-order valence-corrected chi connectivity index (χ1v) is 5.89. The first-order chi connectivity index (χ1) is 6.34. The highest BCUT2D eigenvalue weighted by molar-refractivity contribution is 7.99. The Morgan fingerprint density at radius 1 is 1.46 bits per heavy atom. The second-order valence-corrected chi connectivity index (χ2v) is 4.20. The maximum atomic E-state index is 5.57. The lowest BCUT2D eigenvalue weighted by Crippen LogP contribution is -1.93. The smallest absolute Gasteiger partial charge is 0.185 e. The molecule has 0 spiro atoms. The van der Waals surface area contributed by atoms with Crippen molar-refractivity contribution < 1.29 is 0 Å². The lowest BCUT2D eigenvalue weighted by Gasteiger charge is -1.99. The molecule has 0 fully saturated rings. The van der Waals surface area contributed by atoms with Crippen LogP contribution in [0.1, 0.15) is 19.3 Å². The number of alkyl halides is 1. The fourth-order valence-electron chi connectivity index (χ4n) is 0.953. The third-order valence-corrected chi connectivity index (χ3v) is 3.07. The summed E-state index contributed by atoms with van der Waals surface area (Å²) in [7, 11) is 1.91. The highest BCUT2D eigenvalue weighted by Gasteiger charge is 1.99. The number of thioether (sulfide) groups is 1. The first-order valence-electron chi connectivity index (χ1n) is 4.37. The SMILES string of the molecule is Cn1ncnc1SCCCCCCl. The lowest BCUT2D eigenvalue weighted by atomic mass is 10.3. The van der Waals surface area contributed by atoms with E-state index in [1.54, 1.807) is 22.8 Å². The molecule has 1 heterocycles. The van der Waals surface area contributed by atoms with Gasteiger partial charge in [-0.2, -0.15) is 5.10 Å². The molecule has 0 aliphatic carbocycles. The maximum absolute atomic E-state index is 5.57. The molecule has 1 rings (SSSR count). The number of nitrogens with zero attached hydrogens (tertiary/aromatic N) is 3. The molecule has 0 N–H and O–H groups in total. The van der Waals surface area contributed by atoms with Crippen LogP contribution in [0.4, 0.5) is 0 Å². The summed E-state index contributed by atoms with van der Waals surface area (Å²) < 4.78 is 1.80. The molecule has 0 aromatic carbocycles. The van der Waals surface area contributed by atoms with E-state index in [4.69, 9.17) is 11.6 Å². The van der Waals surface area contributed by atoms with Gasteiger partial charge in [-0.05, 0) is 12.8 Å². The zero-order chi connectivity index (χ0) is 9.52. The number of aromatic nitrogens is 3. The van der Waals surface area contributed by atoms with Crippen LogP contribution in [-0.2, 0) is 7.05 Å². The molecule has 0 amide bonds. The van der Waals surface area contributed by atoms with Gasteiger partial charge in [0, 0.05) is 18.7 Å². The molecule has 1 aromatic rings. The lowest BCUT2D eigenvalue weighted by molar-refractivity contribution is 0.683. The molecule has 0 aliphatic heterocycles. The Morgan fingerprint density at radius 2 is 2.31 bits per heavy atom. The van der Waals surface area contributed by atoms with E-state index in [2.05, 4.69) is 10.1 Å². The molecule has 0 atom stereocenters. The van der Waals surface area contributed by atoms with Crippen LogP contribution in [0, 0.1) is 0 Å². The summed E-state index contributed by atoms with van der Waals surface area (Å²) in [6.07, 6.45) is 5.10. The molecule has 5 heteroatoms. The molecule has 0 radical (unpaired) electrons. The van der Waals surface area contributed by atoms with Gasteiger partial charge >= 0.3 is 0 Å². The molecule has 0 saturated heterocycles. The number of hydrogen-bond donors (Lipinski definition) is 0. The van der Waals surface area contributed by atoms with Gasteiger partial charge in [-0.25, -0.2) is 9.67 Å². The maximum Gasteiger partial charge on any atom is 0.185 e. The Balaban J connectivity index is 2.10. The van der Waals surface area contributed by atoms with E-state index >= 15 is 0 Å². The van der Waals surface area contributed by atoms with Crippen molar-refractivity contribution in [1.82, 2.24) is 14.8 Å². The zero-order valence-corrected chi connectivity index (χ0v) is 9.31. The van der Waals surface area contributed by atoms with Crippen LogP contribution in [0.2, 0.25) is 0 Å². The van der Waals surface area contributed by atoms with Crippen LogP contribution >= 0.6 is 23.4 Å². The van der Waals surface area contributed by atoms with Crippen molar-refractivity contribution in [2.45, 2.75) is 24.4 Å². The third-order valence-electron chi connectivity index (χ3n) is 1.68. The van der Waals surface area contributed by atoms with Crippen LogP contribution in [0.5, 0.6) is 0 Å². The molecule has 0 unspecified atom stereocenters. The van der Waals surface area contributed by atoms with E-state index < -0.39 is 0 Å². The molecule has 13 heavy (non-hydrogen) atoms. The van der Waals surface area contributed by atoms with E-state index in [1.807, 2.05) is 7.05 Å². The van der Waals surface area contributed by atoms with Crippen LogP contribution in [-0.4, -0.2) is 26.4 Å². The minimum absolute atomic E-state index is 0.772. The molecular formula is C8H14ClN3S. The van der Waals surface area contributed by atoms with Crippen molar-refractivity contribution in [1.29, 1.82) is 0 Å². The van der Waals surface area contributed by atoms with E-state index in [0.717, 1.165) is 23.2 Å². The van der Waals surface area contributed by atoms with Gasteiger partial charge < -0.3 is 0 Å². The van der Waals surface area contributed by atoms with Crippen molar-refractivity contribution in [2.75, 3.05) is 11.6 Å². The second kappa shape index (κ2) is 6.27. The van der Waals surface area contributed by atoms with E-state index in [9.17, 15) is 0 Å². The van der Waals surface area contributed by atoms with Crippen molar-refractivity contribution in [2.24, 2.45) is 7.05 Å². The number of unbranched alkanes of at least 4 members (excludes halogenated alkanes) is 2. The fourth-order valence-corrected chi connectivity index (χ4v) is 2.03. The number of hydrogen-bond acceptors (Lipinski definition) is 3. The van der Waals surface area contributed by atoms with Crippen LogP contribution in [0.25, 0.3) is 0 Å². The summed E-state index contributed by atoms with van der Waals surface area (Å²) in [5.74, 6) is 1.87. The minimum atomic E-state index is 0.772.